The number of anilines is 1. The molecule has 1 saturated heterocycles. The van der Waals surface area contributed by atoms with E-state index in [1.807, 2.05) is 53.2 Å². The molecule has 182 valence electrons. The lowest BCUT2D eigenvalue weighted by atomic mass is 9.94. The Morgan fingerprint density at radius 3 is 2.63 bits per heavy atom. The van der Waals surface area contributed by atoms with Gasteiger partial charge in [0.15, 0.2) is 0 Å². The van der Waals surface area contributed by atoms with Gasteiger partial charge in [0.1, 0.15) is 6.54 Å². The highest BCUT2D eigenvalue weighted by Crippen LogP contribution is 2.40. The van der Waals surface area contributed by atoms with Crippen molar-refractivity contribution < 1.29 is 14.3 Å². The second-order valence-electron chi connectivity index (χ2n) is 9.22. The number of para-hydroxylation sites is 2. The maximum atomic E-state index is 13.3. The number of nitrogens with one attached hydrogen (secondary N) is 2. The van der Waals surface area contributed by atoms with E-state index < -0.39 is 0 Å². The van der Waals surface area contributed by atoms with Crippen LogP contribution in [0.5, 0.6) is 0 Å². The molecule has 2 N–H and O–H groups in total. The molecule has 2 aliphatic rings. The average Bonchev–Trinajstić information content (AvgIpc) is 3.40. The normalized spacial score (nSPS) is 17.3. The zero-order chi connectivity index (χ0) is 24.2. The van der Waals surface area contributed by atoms with Gasteiger partial charge in [0.2, 0.25) is 5.91 Å². The number of likely N-dealkylation sites (tertiary alicyclic amines) is 1. The standard InChI is InChI=1S/C28H32N4O3/c1-35-16-13-29-26(33)19-32-18-22(20-9-4-6-12-25(20)32)23(17-31-14-7-2-8-15-31)27-21-10-3-5-11-24(21)30-28(27)34/h3-6,9-12,18H,2,7-8,13-17,19H2,1H3,(H,29,33)(H,30,34). The minimum atomic E-state index is -0.0662. The summed E-state index contributed by atoms with van der Waals surface area (Å²) >= 11 is 0. The Kier molecular flexibility index (Phi) is 6.97. The van der Waals surface area contributed by atoms with Gasteiger partial charge < -0.3 is 19.9 Å². The van der Waals surface area contributed by atoms with Crippen LogP contribution in [0.25, 0.3) is 22.0 Å². The van der Waals surface area contributed by atoms with Crippen LogP contribution in [0.2, 0.25) is 0 Å². The molecule has 3 heterocycles. The van der Waals surface area contributed by atoms with Gasteiger partial charge in [-0.2, -0.15) is 0 Å². The van der Waals surface area contributed by atoms with Crippen LogP contribution >= 0.6 is 0 Å². The Labute approximate surface area is 205 Å². The Bertz CT molecular complexity index is 1270. The lowest BCUT2D eigenvalue weighted by molar-refractivity contribution is -0.121. The Morgan fingerprint density at radius 2 is 1.80 bits per heavy atom. The van der Waals surface area contributed by atoms with E-state index in [1.54, 1.807) is 7.11 Å². The number of benzene rings is 2. The van der Waals surface area contributed by atoms with Gasteiger partial charge in [0.25, 0.3) is 5.91 Å². The van der Waals surface area contributed by atoms with Crippen molar-refractivity contribution in [3.05, 3.63) is 65.9 Å². The number of methoxy groups -OCH3 is 1. The summed E-state index contributed by atoms with van der Waals surface area (Å²) in [6.45, 7) is 3.91. The highest BCUT2D eigenvalue weighted by Gasteiger charge is 2.30. The third kappa shape index (κ3) is 4.88. The minimum Gasteiger partial charge on any atom is -0.383 e. The fourth-order valence-electron chi connectivity index (χ4n) is 5.18. The first-order valence-corrected chi connectivity index (χ1v) is 12.4. The van der Waals surface area contributed by atoms with Crippen LogP contribution in [-0.2, 0) is 20.9 Å². The SMILES string of the molecule is COCCNC(=O)Cn1cc(C(CN2CCCCC2)=C2C(=O)Nc3ccccc32)c2ccccc21. The number of carbonyl (C=O) groups excluding carboxylic acids is 2. The summed E-state index contributed by atoms with van der Waals surface area (Å²) in [5.41, 5.74) is 5.54. The molecular formula is C28H32N4O3. The van der Waals surface area contributed by atoms with Crippen LogP contribution in [0, 0.1) is 0 Å². The number of carbonyl (C=O) groups is 2. The molecule has 1 fully saturated rings. The van der Waals surface area contributed by atoms with Gasteiger partial charge in [0.05, 0.1) is 12.2 Å². The maximum absolute atomic E-state index is 13.3. The Hall–Kier alpha value is -3.42. The van der Waals surface area contributed by atoms with E-state index >= 15 is 0 Å². The molecule has 5 rings (SSSR count). The number of amides is 2. The summed E-state index contributed by atoms with van der Waals surface area (Å²) in [6, 6.07) is 16.0. The highest BCUT2D eigenvalue weighted by atomic mass is 16.5. The number of nitrogens with zero attached hydrogens (tertiary/aromatic N) is 2. The van der Waals surface area contributed by atoms with Crippen LogP contribution in [0.4, 0.5) is 5.69 Å². The maximum Gasteiger partial charge on any atom is 0.256 e. The van der Waals surface area contributed by atoms with Crippen molar-refractivity contribution in [2.45, 2.75) is 25.8 Å². The monoisotopic (exact) mass is 472 g/mol. The van der Waals surface area contributed by atoms with Crippen LogP contribution in [0.15, 0.2) is 54.7 Å². The Morgan fingerprint density at radius 1 is 1.03 bits per heavy atom. The van der Waals surface area contributed by atoms with E-state index in [1.165, 1.54) is 19.3 Å². The molecule has 2 aliphatic heterocycles. The lowest BCUT2D eigenvalue weighted by Gasteiger charge is -2.28. The fraction of sp³-hybridized carbons (Fsp3) is 0.357. The van der Waals surface area contributed by atoms with Gasteiger partial charge in [-0.15, -0.1) is 0 Å². The number of rotatable bonds is 8. The molecule has 2 amide bonds. The van der Waals surface area contributed by atoms with Crippen LogP contribution in [0.3, 0.4) is 0 Å². The third-order valence-electron chi connectivity index (χ3n) is 6.86. The molecule has 0 atom stereocenters. The fourth-order valence-corrected chi connectivity index (χ4v) is 5.18. The molecule has 0 spiro atoms. The smallest absolute Gasteiger partial charge is 0.256 e. The summed E-state index contributed by atoms with van der Waals surface area (Å²) in [5, 5.41) is 7.01. The number of fused-ring (bicyclic) bond motifs is 2. The van der Waals surface area contributed by atoms with Crippen molar-refractivity contribution in [2.75, 3.05) is 45.2 Å². The summed E-state index contributed by atoms with van der Waals surface area (Å²) in [5.74, 6) is -0.129. The average molecular weight is 473 g/mol. The summed E-state index contributed by atoms with van der Waals surface area (Å²) in [4.78, 5) is 28.4. The number of hydrogen-bond donors (Lipinski definition) is 2. The van der Waals surface area contributed by atoms with E-state index in [0.29, 0.717) is 19.7 Å². The van der Waals surface area contributed by atoms with Gasteiger partial charge in [-0.3, -0.25) is 14.5 Å². The van der Waals surface area contributed by atoms with E-state index in [-0.39, 0.29) is 18.4 Å². The number of aromatic nitrogens is 1. The number of hydrogen-bond acceptors (Lipinski definition) is 4. The summed E-state index contributed by atoms with van der Waals surface area (Å²) < 4.78 is 7.03. The van der Waals surface area contributed by atoms with Crippen LogP contribution < -0.4 is 10.6 Å². The van der Waals surface area contributed by atoms with Crippen molar-refractivity contribution >= 4 is 39.6 Å². The zero-order valence-corrected chi connectivity index (χ0v) is 20.2. The summed E-state index contributed by atoms with van der Waals surface area (Å²) in [6.07, 6.45) is 5.65. The van der Waals surface area contributed by atoms with E-state index in [0.717, 1.165) is 52.0 Å². The first kappa shape index (κ1) is 23.3. The van der Waals surface area contributed by atoms with Crippen molar-refractivity contribution in [3.63, 3.8) is 0 Å². The van der Waals surface area contributed by atoms with Crippen molar-refractivity contribution in [2.24, 2.45) is 0 Å². The molecule has 7 nitrogen and oxygen atoms in total. The predicted octanol–water partition coefficient (Wildman–Crippen LogP) is 3.75. The molecular weight excluding hydrogens is 440 g/mol. The first-order valence-electron chi connectivity index (χ1n) is 12.4. The van der Waals surface area contributed by atoms with E-state index in [2.05, 4.69) is 21.6 Å². The van der Waals surface area contributed by atoms with Crippen molar-refractivity contribution in [1.82, 2.24) is 14.8 Å². The van der Waals surface area contributed by atoms with Crippen molar-refractivity contribution in [3.8, 4) is 0 Å². The van der Waals surface area contributed by atoms with Crippen LogP contribution in [0.1, 0.15) is 30.4 Å². The molecule has 0 aliphatic carbocycles. The highest BCUT2D eigenvalue weighted by molar-refractivity contribution is 6.37. The topological polar surface area (TPSA) is 75.6 Å². The minimum absolute atomic E-state index is 0.0626. The predicted molar refractivity (Wildman–Crippen MR) is 139 cm³/mol. The van der Waals surface area contributed by atoms with Gasteiger partial charge >= 0.3 is 0 Å². The molecule has 3 aromatic rings. The zero-order valence-electron chi connectivity index (χ0n) is 20.2. The number of piperidine rings is 1. The van der Waals surface area contributed by atoms with Gasteiger partial charge in [0, 0.05) is 54.1 Å². The molecule has 7 heteroatoms. The molecule has 2 aromatic carbocycles. The molecule has 35 heavy (non-hydrogen) atoms. The molecule has 0 radical (unpaired) electrons. The van der Waals surface area contributed by atoms with Crippen molar-refractivity contribution in [1.29, 1.82) is 0 Å². The van der Waals surface area contributed by atoms with E-state index in [9.17, 15) is 9.59 Å². The molecule has 0 saturated carbocycles. The lowest BCUT2D eigenvalue weighted by Crippen LogP contribution is -2.31. The van der Waals surface area contributed by atoms with E-state index in [4.69, 9.17) is 4.74 Å². The van der Waals surface area contributed by atoms with Gasteiger partial charge in [-0.25, -0.2) is 0 Å². The molecule has 0 bridgehead atoms. The second-order valence-corrected chi connectivity index (χ2v) is 9.22. The van der Waals surface area contributed by atoms with Gasteiger partial charge in [-0.1, -0.05) is 42.8 Å². The first-order chi connectivity index (χ1) is 17.2. The number of ether oxygens (including phenoxy) is 1. The quantitative estimate of drug-likeness (QED) is 0.387. The molecule has 0 unspecified atom stereocenters. The summed E-state index contributed by atoms with van der Waals surface area (Å²) in [7, 11) is 1.62. The Balaban J connectivity index is 1.61. The largest absolute Gasteiger partial charge is 0.383 e. The molecule has 1 aromatic heterocycles. The van der Waals surface area contributed by atoms with Crippen LogP contribution in [-0.4, -0.2) is 61.2 Å². The third-order valence-corrected chi connectivity index (χ3v) is 6.86. The second kappa shape index (κ2) is 10.5. The van der Waals surface area contributed by atoms with Gasteiger partial charge in [-0.05, 0) is 43.6 Å².